The van der Waals surface area contributed by atoms with Crippen molar-refractivity contribution < 1.29 is 4.79 Å². The van der Waals surface area contributed by atoms with Crippen LogP contribution in [0, 0.1) is 5.92 Å². The molecule has 4 rings (SSSR count). The molecule has 1 unspecified atom stereocenters. The summed E-state index contributed by atoms with van der Waals surface area (Å²) in [7, 11) is 0. The molecule has 2 aromatic carbocycles. The Morgan fingerprint density at radius 1 is 1.15 bits per heavy atom. The predicted octanol–water partition coefficient (Wildman–Crippen LogP) is 3.14. The molecular weight excluding hydrogens is 338 g/mol. The number of fused-ring (bicyclic) bond motifs is 1. The van der Waals surface area contributed by atoms with E-state index >= 15 is 0 Å². The molecule has 0 fully saturated rings. The van der Waals surface area contributed by atoms with Crippen LogP contribution < -0.4 is 10.7 Å². The lowest BCUT2D eigenvalue weighted by atomic mass is 9.93. The molecule has 0 saturated carbocycles. The molecule has 1 amide bonds. The van der Waals surface area contributed by atoms with Gasteiger partial charge >= 0.3 is 0 Å². The van der Waals surface area contributed by atoms with Crippen molar-refractivity contribution in [1.29, 1.82) is 0 Å². The highest BCUT2D eigenvalue weighted by molar-refractivity contribution is 6.07. The summed E-state index contributed by atoms with van der Waals surface area (Å²) < 4.78 is 0. The molecule has 1 aliphatic heterocycles. The van der Waals surface area contributed by atoms with E-state index in [9.17, 15) is 4.79 Å². The quantitative estimate of drug-likeness (QED) is 0.733. The summed E-state index contributed by atoms with van der Waals surface area (Å²) in [5.41, 5.74) is 6.57. The molecule has 1 atom stereocenters. The van der Waals surface area contributed by atoms with Gasteiger partial charge in [0.25, 0.3) is 0 Å². The lowest BCUT2D eigenvalue weighted by Crippen LogP contribution is -2.31. The van der Waals surface area contributed by atoms with E-state index < -0.39 is 0 Å². The molecule has 27 heavy (non-hydrogen) atoms. The van der Waals surface area contributed by atoms with Crippen molar-refractivity contribution in [2.24, 2.45) is 11.0 Å². The third-order valence-electron chi connectivity index (χ3n) is 4.74. The first-order valence-electron chi connectivity index (χ1n) is 9.10. The fourth-order valence-electron chi connectivity index (χ4n) is 3.33. The van der Waals surface area contributed by atoms with Crippen LogP contribution in [0.3, 0.4) is 0 Å². The first kappa shape index (κ1) is 17.1. The van der Waals surface area contributed by atoms with E-state index in [2.05, 4.69) is 37.9 Å². The minimum Gasteiger partial charge on any atom is -0.369 e. The van der Waals surface area contributed by atoms with Crippen molar-refractivity contribution in [3.63, 3.8) is 0 Å². The minimum absolute atomic E-state index is 0.0423. The van der Waals surface area contributed by atoms with E-state index in [4.69, 9.17) is 0 Å². The summed E-state index contributed by atoms with van der Waals surface area (Å²) in [5, 5.41) is 8.62. The van der Waals surface area contributed by atoms with E-state index in [0.29, 0.717) is 6.42 Å². The van der Waals surface area contributed by atoms with Crippen molar-refractivity contribution in [2.45, 2.75) is 19.8 Å². The Morgan fingerprint density at radius 3 is 2.81 bits per heavy atom. The maximum atomic E-state index is 11.5. The largest absolute Gasteiger partial charge is 0.369 e. The number of amides is 1. The maximum Gasteiger partial charge on any atom is 0.240 e. The van der Waals surface area contributed by atoms with Crippen molar-refractivity contribution in [3.8, 4) is 0 Å². The maximum absolute atomic E-state index is 11.5. The minimum atomic E-state index is -0.0423. The molecule has 2 heterocycles. The van der Waals surface area contributed by atoms with E-state index in [1.165, 1.54) is 5.56 Å². The van der Waals surface area contributed by atoms with Crippen LogP contribution in [0.5, 0.6) is 0 Å². The van der Waals surface area contributed by atoms with Gasteiger partial charge in [-0.1, -0.05) is 43.3 Å². The number of benzene rings is 2. The number of hydrogen-bond donors (Lipinski definition) is 2. The van der Waals surface area contributed by atoms with Gasteiger partial charge in [0.05, 0.1) is 11.2 Å². The van der Waals surface area contributed by atoms with Gasteiger partial charge in [-0.15, -0.1) is 0 Å². The second kappa shape index (κ2) is 7.53. The number of carbonyl (C=O) groups excluding carboxylic acids is 1. The Labute approximate surface area is 157 Å². The molecule has 2 N–H and O–H groups in total. The number of rotatable bonds is 5. The molecule has 0 spiro atoms. The molecule has 0 radical (unpaired) electrons. The van der Waals surface area contributed by atoms with Gasteiger partial charge in [0.2, 0.25) is 5.91 Å². The Kier molecular flexibility index (Phi) is 4.78. The van der Waals surface area contributed by atoms with E-state index in [1.54, 1.807) is 6.33 Å². The molecule has 0 aliphatic carbocycles. The van der Waals surface area contributed by atoms with Crippen LogP contribution in [0.4, 0.5) is 5.82 Å². The predicted molar refractivity (Wildman–Crippen MR) is 107 cm³/mol. The number of carbonyl (C=O) groups is 1. The van der Waals surface area contributed by atoms with Crippen molar-refractivity contribution in [3.05, 3.63) is 66.0 Å². The van der Waals surface area contributed by atoms with Crippen LogP contribution in [-0.2, 0) is 11.2 Å². The molecule has 3 aromatic rings. The van der Waals surface area contributed by atoms with Gasteiger partial charge < -0.3 is 5.32 Å². The van der Waals surface area contributed by atoms with Crippen LogP contribution in [-0.4, -0.2) is 28.1 Å². The second-order valence-corrected chi connectivity index (χ2v) is 6.75. The summed E-state index contributed by atoms with van der Waals surface area (Å²) >= 11 is 0. The van der Waals surface area contributed by atoms with E-state index in [0.717, 1.165) is 41.0 Å². The van der Waals surface area contributed by atoms with Gasteiger partial charge in [0, 0.05) is 29.8 Å². The highest BCUT2D eigenvalue weighted by Crippen LogP contribution is 2.23. The van der Waals surface area contributed by atoms with Gasteiger partial charge in [0.1, 0.15) is 12.1 Å². The van der Waals surface area contributed by atoms with Gasteiger partial charge in [0.15, 0.2) is 0 Å². The van der Waals surface area contributed by atoms with Gasteiger partial charge in [-0.25, -0.2) is 15.4 Å². The highest BCUT2D eigenvalue weighted by Gasteiger charge is 2.22. The SMILES string of the molecule is CC1CC(=O)NN=C1c1ccc2c(NCCc3ccccc3)ncnc2c1. The summed E-state index contributed by atoms with van der Waals surface area (Å²) in [4.78, 5) is 20.3. The smallest absolute Gasteiger partial charge is 0.240 e. The third kappa shape index (κ3) is 3.79. The Hall–Kier alpha value is -3.28. The average Bonchev–Trinajstić information content (AvgIpc) is 2.68. The second-order valence-electron chi connectivity index (χ2n) is 6.75. The van der Waals surface area contributed by atoms with Crippen molar-refractivity contribution in [1.82, 2.24) is 15.4 Å². The summed E-state index contributed by atoms with van der Waals surface area (Å²) in [6, 6.07) is 16.4. The number of nitrogens with one attached hydrogen (secondary N) is 2. The van der Waals surface area contributed by atoms with Gasteiger partial charge in [-0.05, 0) is 24.1 Å². The van der Waals surface area contributed by atoms with Crippen molar-refractivity contribution in [2.75, 3.05) is 11.9 Å². The molecule has 0 saturated heterocycles. The fraction of sp³-hybridized carbons (Fsp3) is 0.238. The average molecular weight is 359 g/mol. The zero-order valence-electron chi connectivity index (χ0n) is 15.1. The topological polar surface area (TPSA) is 79.3 Å². The summed E-state index contributed by atoms with van der Waals surface area (Å²) in [6.45, 7) is 2.81. The Morgan fingerprint density at radius 2 is 2.00 bits per heavy atom. The third-order valence-corrected chi connectivity index (χ3v) is 4.74. The standard InChI is InChI=1S/C21H21N5O/c1-14-11-19(27)25-26-20(14)16-7-8-17-18(12-16)23-13-24-21(17)22-10-9-15-5-3-2-4-6-15/h2-8,12-14H,9-11H2,1H3,(H,25,27)(H,22,23,24). The van der Waals surface area contributed by atoms with Gasteiger partial charge in [-0.2, -0.15) is 5.10 Å². The summed E-state index contributed by atoms with van der Waals surface area (Å²) in [5.74, 6) is 0.871. The summed E-state index contributed by atoms with van der Waals surface area (Å²) in [6.07, 6.45) is 2.95. The monoisotopic (exact) mass is 359 g/mol. The molecule has 136 valence electrons. The fourth-order valence-corrected chi connectivity index (χ4v) is 3.33. The van der Waals surface area contributed by atoms with Crippen LogP contribution >= 0.6 is 0 Å². The first-order valence-corrected chi connectivity index (χ1v) is 9.10. The number of nitrogens with zero attached hydrogens (tertiary/aromatic N) is 3. The number of hydrazone groups is 1. The lowest BCUT2D eigenvalue weighted by Gasteiger charge is -2.19. The molecule has 1 aliphatic rings. The zero-order chi connectivity index (χ0) is 18.6. The van der Waals surface area contributed by atoms with E-state index in [1.807, 2.05) is 43.3 Å². The Balaban J connectivity index is 1.54. The molecule has 1 aromatic heterocycles. The molecule has 0 bridgehead atoms. The van der Waals surface area contributed by atoms with Crippen molar-refractivity contribution >= 4 is 28.3 Å². The zero-order valence-corrected chi connectivity index (χ0v) is 15.1. The number of hydrogen-bond acceptors (Lipinski definition) is 5. The number of anilines is 1. The number of aromatic nitrogens is 2. The highest BCUT2D eigenvalue weighted by atomic mass is 16.2. The lowest BCUT2D eigenvalue weighted by molar-refractivity contribution is -0.121. The van der Waals surface area contributed by atoms with Crippen LogP contribution in [0.25, 0.3) is 10.9 Å². The normalized spacial score (nSPS) is 16.7. The van der Waals surface area contributed by atoms with E-state index in [-0.39, 0.29) is 11.8 Å². The molecular formula is C21H21N5O. The van der Waals surface area contributed by atoms with Crippen LogP contribution in [0.15, 0.2) is 60.0 Å². The van der Waals surface area contributed by atoms with Crippen LogP contribution in [0.2, 0.25) is 0 Å². The first-order chi connectivity index (χ1) is 13.2. The van der Waals surface area contributed by atoms with Gasteiger partial charge in [-0.3, -0.25) is 4.79 Å². The Bertz CT molecular complexity index is 1000. The molecule has 6 heteroatoms. The molecule has 6 nitrogen and oxygen atoms in total. The van der Waals surface area contributed by atoms with Crippen LogP contribution in [0.1, 0.15) is 24.5 Å².